The highest BCUT2D eigenvalue weighted by Crippen LogP contribution is 2.24. The van der Waals surface area contributed by atoms with Crippen LogP contribution in [0, 0.1) is 0 Å². The van der Waals surface area contributed by atoms with E-state index in [1.807, 2.05) is 0 Å². The van der Waals surface area contributed by atoms with Gasteiger partial charge in [0.2, 0.25) is 0 Å². The van der Waals surface area contributed by atoms with Gasteiger partial charge in [-0.3, -0.25) is 0 Å². The van der Waals surface area contributed by atoms with Crippen LogP contribution in [0.4, 0.5) is 8.78 Å². The standard InChI is InChI=1S/C12H16ClF2NO2/c1-8(17)4-5-16-7-9-6-10(13)2-3-11(9)18-12(14)15/h2-3,6,8,12,16-17H,4-5,7H2,1H3. The van der Waals surface area contributed by atoms with Crippen LogP contribution in [0.2, 0.25) is 5.02 Å². The second kappa shape index (κ2) is 7.51. The molecule has 1 unspecified atom stereocenters. The SMILES string of the molecule is CC(O)CCNCc1cc(Cl)ccc1OC(F)F. The molecule has 0 aliphatic rings. The molecule has 1 aromatic carbocycles. The van der Waals surface area contributed by atoms with Crippen LogP contribution < -0.4 is 10.1 Å². The van der Waals surface area contributed by atoms with Crippen LogP contribution in [0.3, 0.4) is 0 Å². The molecule has 2 N–H and O–H groups in total. The lowest BCUT2D eigenvalue weighted by Crippen LogP contribution is -2.19. The maximum atomic E-state index is 12.2. The van der Waals surface area contributed by atoms with Gasteiger partial charge in [0.25, 0.3) is 0 Å². The van der Waals surface area contributed by atoms with E-state index in [2.05, 4.69) is 10.1 Å². The minimum Gasteiger partial charge on any atom is -0.434 e. The van der Waals surface area contributed by atoms with Crippen LogP contribution in [0.15, 0.2) is 18.2 Å². The Bertz CT molecular complexity index is 375. The number of rotatable bonds is 7. The number of nitrogens with one attached hydrogen (secondary N) is 1. The van der Waals surface area contributed by atoms with Gasteiger partial charge in [0.1, 0.15) is 5.75 Å². The van der Waals surface area contributed by atoms with Crippen molar-refractivity contribution in [2.75, 3.05) is 6.54 Å². The van der Waals surface area contributed by atoms with Gasteiger partial charge in [0, 0.05) is 17.1 Å². The molecule has 0 bridgehead atoms. The molecule has 1 aromatic rings. The van der Waals surface area contributed by atoms with Crippen molar-refractivity contribution in [2.45, 2.75) is 32.6 Å². The zero-order valence-corrected chi connectivity index (χ0v) is 10.8. The van der Waals surface area contributed by atoms with Crippen molar-refractivity contribution in [3.8, 4) is 5.75 Å². The molecule has 0 heterocycles. The molecule has 1 atom stereocenters. The quantitative estimate of drug-likeness (QED) is 0.754. The third kappa shape index (κ3) is 5.62. The fourth-order valence-electron chi connectivity index (χ4n) is 1.43. The van der Waals surface area contributed by atoms with Gasteiger partial charge >= 0.3 is 6.61 Å². The first-order chi connectivity index (χ1) is 8.49. The monoisotopic (exact) mass is 279 g/mol. The molecular formula is C12H16ClF2NO2. The Kier molecular flexibility index (Phi) is 6.32. The van der Waals surface area contributed by atoms with E-state index in [-0.39, 0.29) is 5.75 Å². The van der Waals surface area contributed by atoms with Gasteiger partial charge in [0.15, 0.2) is 0 Å². The molecular weight excluding hydrogens is 264 g/mol. The van der Waals surface area contributed by atoms with Crippen LogP contribution >= 0.6 is 11.6 Å². The number of hydrogen-bond acceptors (Lipinski definition) is 3. The minimum absolute atomic E-state index is 0.110. The maximum Gasteiger partial charge on any atom is 0.387 e. The first kappa shape index (κ1) is 15.1. The summed E-state index contributed by atoms with van der Waals surface area (Å²) in [4.78, 5) is 0. The average molecular weight is 280 g/mol. The molecule has 1 rings (SSSR count). The van der Waals surface area contributed by atoms with Gasteiger partial charge in [-0.15, -0.1) is 0 Å². The maximum absolute atomic E-state index is 12.2. The molecule has 0 spiro atoms. The first-order valence-electron chi connectivity index (χ1n) is 5.61. The number of aliphatic hydroxyl groups excluding tert-OH is 1. The predicted octanol–water partition coefficient (Wildman–Crippen LogP) is 2.80. The third-order valence-corrected chi connectivity index (χ3v) is 2.53. The molecule has 102 valence electrons. The van der Waals surface area contributed by atoms with E-state index in [4.69, 9.17) is 16.7 Å². The normalized spacial score (nSPS) is 12.8. The van der Waals surface area contributed by atoms with E-state index in [1.54, 1.807) is 13.0 Å². The highest BCUT2D eigenvalue weighted by atomic mass is 35.5. The Hall–Kier alpha value is -0.910. The lowest BCUT2D eigenvalue weighted by molar-refractivity contribution is -0.0504. The minimum atomic E-state index is -2.86. The Morgan fingerprint density at radius 2 is 2.17 bits per heavy atom. The number of aliphatic hydroxyl groups is 1. The molecule has 3 nitrogen and oxygen atoms in total. The smallest absolute Gasteiger partial charge is 0.387 e. The number of halogens is 3. The van der Waals surface area contributed by atoms with Crippen molar-refractivity contribution in [1.82, 2.24) is 5.32 Å². The molecule has 0 fully saturated rings. The van der Waals surface area contributed by atoms with Crippen LogP contribution in [-0.2, 0) is 6.54 Å². The highest BCUT2D eigenvalue weighted by Gasteiger charge is 2.10. The van der Waals surface area contributed by atoms with Crippen LogP contribution in [-0.4, -0.2) is 24.4 Å². The zero-order chi connectivity index (χ0) is 13.5. The fourth-order valence-corrected chi connectivity index (χ4v) is 1.63. The Labute approximate surface area is 110 Å². The second-order valence-corrected chi connectivity index (χ2v) is 4.38. The average Bonchev–Trinajstić information content (AvgIpc) is 2.27. The van der Waals surface area contributed by atoms with Gasteiger partial charge < -0.3 is 15.2 Å². The van der Waals surface area contributed by atoms with Gasteiger partial charge in [-0.1, -0.05) is 11.6 Å². The second-order valence-electron chi connectivity index (χ2n) is 3.95. The van der Waals surface area contributed by atoms with Crippen molar-refractivity contribution in [3.05, 3.63) is 28.8 Å². The van der Waals surface area contributed by atoms with Crippen molar-refractivity contribution < 1.29 is 18.6 Å². The highest BCUT2D eigenvalue weighted by molar-refractivity contribution is 6.30. The van der Waals surface area contributed by atoms with E-state index in [0.717, 1.165) is 0 Å². The van der Waals surface area contributed by atoms with Gasteiger partial charge in [-0.2, -0.15) is 8.78 Å². The molecule has 0 aliphatic heterocycles. The summed E-state index contributed by atoms with van der Waals surface area (Å²) < 4.78 is 28.8. The fraction of sp³-hybridized carbons (Fsp3) is 0.500. The number of hydrogen-bond donors (Lipinski definition) is 2. The summed E-state index contributed by atoms with van der Waals surface area (Å²) in [5, 5.41) is 12.6. The van der Waals surface area contributed by atoms with E-state index in [1.165, 1.54) is 12.1 Å². The van der Waals surface area contributed by atoms with Crippen LogP contribution in [0.5, 0.6) is 5.75 Å². The van der Waals surface area contributed by atoms with Crippen LogP contribution in [0.25, 0.3) is 0 Å². The molecule has 0 aliphatic carbocycles. The molecule has 18 heavy (non-hydrogen) atoms. The van der Waals surface area contributed by atoms with E-state index < -0.39 is 12.7 Å². The number of alkyl halides is 2. The lowest BCUT2D eigenvalue weighted by Gasteiger charge is -2.12. The molecule has 0 saturated heterocycles. The summed E-state index contributed by atoms with van der Waals surface area (Å²) in [5.41, 5.74) is 0.563. The van der Waals surface area contributed by atoms with Crippen molar-refractivity contribution in [3.63, 3.8) is 0 Å². The summed E-state index contributed by atoms with van der Waals surface area (Å²) in [6.07, 6.45) is 0.194. The zero-order valence-electron chi connectivity index (χ0n) is 10.00. The number of benzene rings is 1. The summed E-state index contributed by atoms with van der Waals surface area (Å²) in [6.45, 7) is -0.234. The van der Waals surface area contributed by atoms with Gasteiger partial charge in [-0.25, -0.2) is 0 Å². The molecule has 0 amide bonds. The predicted molar refractivity (Wildman–Crippen MR) is 66.1 cm³/mol. The van der Waals surface area contributed by atoms with E-state index in [0.29, 0.717) is 30.1 Å². The Morgan fingerprint density at radius 1 is 1.44 bits per heavy atom. The molecule has 0 radical (unpaired) electrons. The topological polar surface area (TPSA) is 41.5 Å². The summed E-state index contributed by atoms with van der Waals surface area (Å²) >= 11 is 5.81. The summed E-state index contributed by atoms with van der Waals surface area (Å²) in [7, 11) is 0. The molecule has 0 aromatic heterocycles. The molecule has 0 saturated carbocycles. The van der Waals surface area contributed by atoms with Gasteiger partial charge in [0.05, 0.1) is 6.10 Å². The van der Waals surface area contributed by atoms with Gasteiger partial charge in [-0.05, 0) is 38.1 Å². The first-order valence-corrected chi connectivity index (χ1v) is 5.99. The van der Waals surface area contributed by atoms with E-state index in [9.17, 15) is 8.78 Å². The summed E-state index contributed by atoms with van der Waals surface area (Å²) in [5.74, 6) is 0.110. The number of ether oxygens (including phenoxy) is 1. The van der Waals surface area contributed by atoms with E-state index >= 15 is 0 Å². The van der Waals surface area contributed by atoms with Crippen molar-refractivity contribution in [1.29, 1.82) is 0 Å². The third-order valence-electron chi connectivity index (χ3n) is 2.29. The van der Waals surface area contributed by atoms with Crippen molar-refractivity contribution >= 4 is 11.6 Å². The largest absolute Gasteiger partial charge is 0.434 e. The van der Waals surface area contributed by atoms with Crippen molar-refractivity contribution in [2.24, 2.45) is 0 Å². The van der Waals surface area contributed by atoms with Crippen LogP contribution in [0.1, 0.15) is 18.9 Å². The Balaban J connectivity index is 2.58. The summed E-state index contributed by atoms with van der Waals surface area (Å²) in [6, 6.07) is 4.49. The lowest BCUT2D eigenvalue weighted by atomic mass is 10.2. The molecule has 6 heteroatoms. The Morgan fingerprint density at radius 3 is 2.78 bits per heavy atom.